The first-order valence-electron chi connectivity index (χ1n) is 5.42. The maximum atomic E-state index is 11.8. The van der Waals surface area contributed by atoms with Crippen molar-refractivity contribution in [3.05, 3.63) is 41.0 Å². The minimum Gasteiger partial charge on any atom is -0.367 e. The van der Waals surface area contributed by atoms with Gasteiger partial charge in [-0.3, -0.25) is 9.59 Å². The Hall–Kier alpha value is -2.08. The van der Waals surface area contributed by atoms with Gasteiger partial charge in [-0.15, -0.1) is 11.3 Å². The van der Waals surface area contributed by atoms with Crippen LogP contribution in [-0.4, -0.2) is 16.8 Å². The second kappa shape index (κ2) is 5.50. The number of H-pyrrole nitrogens is 1. The minimum absolute atomic E-state index is 0.141. The molecule has 0 atom stereocenters. The Morgan fingerprint density at radius 1 is 1.33 bits per heavy atom. The van der Waals surface area contributed by atoms with Gasteiger partial charge < -0.3 is 15.6 Å². The van der Waals surface area contributed by atoms with E-state index in [1.165, 1.54) is 18.3 Å². The van der Waals surface area contributed by atoms with Crippen molar-refractivity contribution in [2.45, 2.75) is 13.5 Å². The van der Waals surface area contributed by atoms with Crippen LogP contribution in [0.3, 0.4) is 0 Å². The Morgan fingerprint density at radius 3 is 2.83 bits per heavy atom. The van der Waals surface area contributed by atoms with Crippen LogP contribution in [-0.2, 0) is 11.3 Å². The Morgan fingerprint density at radius 2 is 2.17 bits per heavy atom. The number of thiophene rings is 1. The van der Waals surface area contributed by atoms with E-state index in [-0.39, 0.29) is 11.8 Å². The summed E-state index contributed by atoms with van der Waals surface area (Å²) in [5.74, 6) is -0.283. The van der Waals surface area contributed by atoms with E-state index in [9.17, 15) is 9.59 Å². The molecule has 2 aromatic rings. The van der Waals surface area contributed by atoms with Crippen molar-refractivity contribution < 1.29 is 9.59 Å². The molecule has 0 fully saturated rings. The highest BCUT2D eigenvalue weighted by Gasteiger charge is 2.09. The summed E-state index contributed by atoms with van der Waals surface area (Å²) in [4.78, 5) is 26.2. The highest BCUT2D eigenvalue weighted by Crippen LogP contribution is 2.21. The van der Waals surface area contributed by atoms with E-state index in [4.69, 9.17) is 0 Å². The lowest BCUT2D eigenvalue weighted by Crippen LogP contribution is -2.21. The van der Waals surface area contributed by atoms with Crippen LogP contribution < -0.4 is 10.6 Å². The summed E-state index contributed by atoms with van der Waals surface area (Å²) >= 11 is 1.25. The summed E-state index contributed by atoms with van der Waals surface area (Å²) in [6.45, 7) is 1.92. The first-order valence-corrected chi connectivity index (χ1v) is 6.24. The fraction of sp³-hybridized carbons (Fsp3) is 0.167. The van der Waals surface area contributed by atoms with Crippen molar-refractivity contribution in [3.63, 3.8) is 0 Å². The van der Waals surface area contributed by atoms with Crippen molar-refractivity contribution in [1.29, 1.82) is 0 Å². The van der Waals surface area contributed by atoms with Crippen LogP contribution in [0, 0.1) is 0 Å². The van der Waals surface area contributed by atoms with E-state index in [2.05, 4.69) is 15.6 Å². The van der Waals surface area contributed by atoms with Gasteiger partial charge in [0.15, 0.2) is 0 Å². The van der Waals surface area contributed by atoms with Crippen LogP contribution >= 0.6 is 11.3 Å². The lowest BCUT2D eigenvalue weighted by Gasteiger charge is -2.01. The molecule has 6 heteroatoms. The van der Waals surface area contributed by atoms with Crippen molar-refractivity contribution in [2.24, 2.45) is 0 Å². The third kappa shape index (κ3) is 3.21. The Bertz CT molecular complexity index is 545. The van der Waals surface area contributed by atoms with Gasteiger partial charge in [0.25, 0.3) is 5.91 Å². The first kappa shape index (κ1) is 12.4. The van der Waals surface area contributed by atoms with Crippen molar-refractivity contribution in [3.8, 4) is 0 Å². The van der Waals surface area contributed by atoms with Crippen LogP contribution in [0.4, 0.5) is 5.00 Å². The number of amides is 2. The van der Waals surface area contributed by atoms with Crippen LogP contribution in [0.25, 0.3) is 0 Å². The summed E-state index contributed by atoms with van der Waals surface area (Å²) in [6, 6.07) is 5.32. The van der Waals surface area contributed by atoms with Gasteiger partial charge in [-0.2, -0.15) is 0 Å². The molecule has 0 saturated carbocycles. The third-order valence-corrected chi connectivity index (χ3v) is 3.24. The standard InChI is InChI=1S/C12H13N3O2S/c1-8(16)15-11-3-2-10(18-11)12(17)14-7-9-4-5-13-6-9/h2-6,13H,7H2,1H3,(H,14,17)(H,15,16). The summed E-state index contributed by atoms with van der Waals surface area (Å²) in [6.07, 6.45) is 3.64. The van der Waals surface area contributed by atoms with E-state index >= 15 is 0 Å². The molecule has 0 unspecified atom stereocenters. The SMILES string of the molecule is CC(=O)Nc1ccc(C(=O)NCc2cc[nH]c2)s1. The largest absolute Gasteiger partial charge is 0.367 e. The summed E-state index contributed by atoms with van der Waals surface area (Å²) in [7, 11) is 0. The monoisotopic (exact) mass is 263 g/mol. The number of aromatic amines is 1. The number of carbonyl (C=O) groups is 2. The zero-order valence-corrected chi connectivity index (χ0v) is 10.6. The quantitative estimate of drug-likeness (QED) is 0.789. The summed E-state index contributed by atoms with van der Waals surface area (Å²) < 4.78 is 0. The molecule has 0 spiro atoms. The molecule has 0 aliphatic heterocycles. The van der Waals surface area contributed by atoms with Crippen LogP contribution in [0.5, 0.6) is 0 Å². The molecule has 0 saturated heterocycles. The molecule has 2 amide bonds. The van der Waals surface area contributed by atoms with E-state index in [0.717, 1.165) is 5.56 Å². The molecule has 5 nitrogen and oxygen atoms in total. The van der Waals surface area contributed by atoms with Crippen molar-refractivity contribution in [2.75, 3.05) is 5.32 Å². The van der Waals surface area contributed by atoms with Gasteiger partial charge in [0.05, 0.1) is 9.88 Å². The van der Waals surface area contributed by atoms with Crippen LogP contribution in [0.2, 0.25) is 0 Å². The highest BCUT2D eigenvalue weighted by molar-refractivity contribution is 7.18. The van der Waals surface area contributed by atoms with Gasteiger partial charge >= 0.3 is 0 Å². The molecule has 0 aliphatic carbocycles. The second-order valence-electron chi connectivity index (χ2n) is 3.75. The maximum Gasteiger partial charge on any atom is 0.261 e. The molecule has 2 heterocycles. The molecule has 18 heavy (non-hydrogen) atoms. The number of carbonyl (C=O) groups excluding carboxylic acids is 2. The number of hydrogen-bond donors (Lipinski definition) is 3. The predicted molar refractivity (Wildman–Crippen MR) is 70.6 cm³/mol. The fourth-order valence-electron chi connectivity index (χ4n) is 1.44. The number of hydrogen-bond acceptors (Lipinski definition) is 3. The molecule has 2 rings (SSSR count). The minimum atomic E-state index is -0.142. The second-order valence-corrected chi connectivity index (χ2v) is 4.83. The lowest BCUT2D eigenvalue weighted by atomic mass is 10.3. The van der Waals surface area contributed by atoms with Crippen molar-refractivity contribution >= 4 is 28.2 Å². The van der Waals surface area contributed by atoms with E-state index in [0.29, 0.717) is 16.4 Å². The van der Waals surface area contributed by atoms with Gasteiger partial charge in [0.1, 0.15) is 0 Å². The van der Waals surface area contributed by atoms with Gasteiger partial charge in [0.2, 0.25) is 5.91 Å². The summed E-state index contributed by atoms with van der Waals surface area (Å²) in [5, 5.41) is 6.13. The van der Waals surface area contributed by atoms with Crippen molar-refractivity contribution in [1.82, 2.24) is 10.3 Å². The zero-order valence-electron chi connectivity index (χ0n) is 9.82. The van der Waals surface area contributed by atoms with Gasteiger partial charge in [-0.25, -0.2) is 0 Å². The van der Waals surface area contributed by atoms with Crippen LogP contribution in [0.15, 0.2) is 30.6 Å². The molecule has 0 aromatic carbocycles. The number of nitrogens with one attached hydrogen (secondary N) is 3. The van der Waals surface area contributed by atoms with Gasteiger partial charge in [0, 0.05) is 25.9 Å². The average Bonchev–Trinajstić information content (AvgIpc) is 2.95. The maximum absolute atomic E-state index is 11.8. The molecular weight excluding hydrogens is 250 g/mol. The van der Waals surface area contributed by atoms with Gasteiger partial charge in [-0.05, 0) is 23.8 Å². The highest BCUT2D eigenvalue weighted by atomic mass is 32.1. The molecule has 3 N–H and O–H groups in total. The van der Waals surface area contributed by atoms with E-state index < -0.39 is 0 Å². The van der Waals surface area contributed by atoms with E-state index in [1.54, 1.807) is 12.1 Å². The van der Waals surface area contributed by atoms with Crippen LogP contribution in [0.1, 0.15) is 22.2 Å². The Labute approximate surface area is 108 Å². The topological polar surface area (TPSA) is 74.0 Å². The molecule has 94 valence electrons. The molecule has 0 bridgehead atoms. The third-order valence-electron chi connectivity index (χ3n) is 2.24. The molecular formula is C12H13N3O2S. The predicted octanol–water partition coefficient (Wildman–Crippen LogP) is 1.96. The summed E-state index contributed by atoms with van der Waals surface area (Å²) in [5.41, 5.74) is 1.02. The zero-order chi connectivity index (χ0) is 13.0. The Balaban J connectivity index is 1.92. The number of rotatable bonds is 4. The number of aromatic nitrogens is 1. The molecule has 0 radical (unpaired) electrons. The normalized spacial score (nSPS) is 10.1. The Kier molecular flexibility index (Phi) is 3.78. The fourth-order valence-corrected chi connectivity index (χ4v) is 2.31. The smallest absolute Gasteiger partial charge is 0.261 e. The molecule has 2 aromatic heterocycles. The van der Waals surface area contributed by atoms with Gasteiger partial charge in [-0.1, -0.05) is 0 Å². The van der Waals surface area contributed by atoms with E-state index in [1.807, 2.05) is 18.5 Å². The molecule has 0 aliphatic rings. The lowest BCUT2D eigenvalue weighted by molar-refractivity contribution is -0.114. The first-order chi connectivity index (χ1) is 8.65. The average molecular weight is 263 g/mol. The number of anilines is 1.